The van der Waals surface area contributed by atoms with Crippen molar-refractivity contribution in [1.29, 1.82) is 0 Å². The minimum absolute atomic E-state index is 0.0778. The molecule has 0 radical (unpaired) electrons. The van der Waals surface area contributed by atoms with Crippen molar-refractivity contribution in [1.82, 2.24) is 4.90 Å². The summed E-state index contributed by atoms with van der Waals surface area (Å²) in [5, 5.41) is 0. The summed E-state index contributed by atoms with van der Waals surface area (Å²) in [6.07, 6.45) is 8.59. The van der Waals surface area contributed by atoms with Gasteiger partial charge < -0.3 is 0 Å². The van der Waals surface area contributed by atoms with Crippen LogP contribution >= 0.6 is 0 Å². The molecule has 1 rings (SSSR count). The topological polar surface area (TPSA) is 37.4 Å². The number of likely N-dealkylation sites (tertiary alicyclic amines) is 1. The molecule has 2 amide bonds. The lowest BCUT2D eigenvalue weighted by atomic mass is 10.1. The highest BCUT2D eigenvalue weighted by Crippen LogP contribution is 2.17. The summed E-state index contributed by atoms with van der Waals surface area (Å²) >= 11 is 0. The fourth-order valence-electron chi connectivity index (χ4n) is 2.11. The number of hydrogen-bond acceptors (Lipinski definition) is 2. The Labute approximate surface area is 104 Å². The highest BCUT2D eigenvalue weighted by molar-refractivity contribution is 6.12. The Morgan fingerprint density at radius 2 is 1.65 bits per heavy atom. The first-order valence-electron chi connectivity index (χ1n) is 6.69. The smallest absolute Gasteiger partial charge is 0.256 e. The van der Waals surface area contributed by atoms with Crippen LogP contribution in [0.5, 0.6) is 0 Å². The van der Waals surface area contributed by atoms with Gasteiger partial charge in [0.15, 0.2) is 0 Å². The van der Waals surface area contributed by atoms with Gasteiger partial charge >= 0.3 is 0 Å². The molecule has 0 aliphatic carbocycles. The molecule has 0 saturated carbocycles. The first kappa shape index (κ1) is 13.9. The van der Waals surface area contributed by atoms with Gasteiger partial charge in [-0.2, -0.15) is 0 Å². The van der Waals surface area contributed by atoms with Crippen molar-refractivity contribution in [3.05, 3.63) is 12.2 Å². The predicted octanol–water partition coefficient (Wildman–Crippen LogP) is 3.05. The van der Waals surface area contributed by atoms with Gasteiger partial charge in [-0.25, -0.2) is 0 Å². The normalized spacial score (nSPS) is 16.1. The summed E-state index contributed by atoms with van der Waals surface area (Å²) in [5.74, 6) is -0.244. The zero-order valence-electron chi connectivity index (χ0n) is 10.8. The standard InChI is InChI=1S/C14H23NO2/c1-3-4-5-6-7-8-9-10-15-13(16)11-12(2)14(15)17/h2-11H2,1H3. The molecule has 0 atom stereocenters. The van der Waals surface area contributed by atoms with Gasteiger partial charge in [0, 0.05) is 12.1 Å². The Hall–Kier alpha value is -1.12. The fourth-order valence-corrected chi connectivity index (χ4v) is 2.11. The van der Waals surface area contributed by atoms with Crippen LogP contribution in [0.25, 0.3) is 0 Å². The monoisotopic (exact) mass is 237 g/mol. The zero-order chi connectivity index (χ0) is 12.7. The molecule has 1 saturated heterocycles. The van der Waals surface area contributed by atoms with Crippen molar-refractivity contribution < 1.29 is 9.59 Å². The number of nitrogens with zero attached hydrogens (tertiary/aromatic N) is 1. The van der Waals surface area contributed by atoms with Crippen LogP contribution in [-0.2, 0) is 9.59 Å². The molecular weight excluding hydrogens is 214 g/mol. The van der Waals surface area contributed by atoms with Gasteiger partial charge in [0.2, 0.25) is 5.91 Å². The van der Waals surface area contributed by atoms with Crippen molar-refractivity contribution in [3.63, 3.8) is 0 Å². The highest BCUT2D eigenvalue weighted by Gasteiger charge is 2.31. The van der Waals surface area contributed by atoms with Crippen LogP contribution in [0.2, 0.25) is 0 Å². The van der Waals surface area contributed by atoms with E-state index in [-0.39, 0.29) is 18.2 Å². The summed E-state index contributed by atoms with van der Waals surface area (Å²) < 4.78 is 0. The largest absolute Gasteiger partial charge is 0.279 e. The molecule has 0 spiro atoms. The van der Waals surface area contributed by atoms with Gasteiger partial charge in [-0.05, 0) is 6.42 Å². The van der Waals surface area contributed by atoms with E-state index in [0.29, 0.717) is 12.1 Å². The third-order valence-electron chi connectivity index (χ3n) is 3.20. The van der Waals surface area contributed by atoms with Gasteiger partial charge in [-0.1, -0.05) is 52.0 Å². The molecule has 1 aliphatic rings. The molecule has 1 fully saturated rings. The number of imide groups is 1. The van der Waals surface area contributed by atoms with Crippen molar-refractivity contribution in [2.75, 3.05) is 6.54 Å². The maximum absolute atomic E-state index is 11.5. The lowest BCUT2D eigenvalue weighted by molar-refractivity contribution is -0.137. The summed E-state index contributed by atoms with van der Waals surface area (Å²) in [4.78, 5) is 24.3. The molecule has 0 bridgehead atoms. The van der Waals surface area contributed by atoms with Gasteiger partial charge in [0.05, 0.1) is 6.42 Å². The third-order valence-corrected chi connectivity index (χ3v) is 3.20. The van der Waals surface area contributed by atoms with Crippen LogP contribution in [0.3, 0.4) is 0 Å². The Morgan fingerprint density at radius 3 is 2.18 bits per heavy atom. The van der Waals surface area contributed by atoms with E-state index in [9.17, 15) is 9.59 Å². The lowest BCUT2D eigenvalue weighted by Crippen LogP contribution is -2.30. The molecule has 3 nitrogen and oxygen atoms in total. The quantitative estimate of drug-likeness (QED) is 0.369. The van der Waals surface area contributed by atoms with E-state index in [1.165, 1.54) is 37.0 Å². The van der Waals surface area contributed by atoms with Gasteiger partial charge in [-0.15, -0.1) is 0 Å². The van der Waals surface area contributed by atoms with E-state index in [1.807, 2.05) is 0 Å². The van der Waals surface area contributed by atoms with Crippen molar-refractivity contribution in [2.24, 2.45) is 0 Å². The molecule has 1 aliphatic heterocycles. The second-order valence-corrected chi connectivity index (χ2v) is 4.75. The van der Waals surface area contributed by atoms with Crippen molar-refractivity contribution in [2.45, 2.75) is 58.3 Å². The molecule has 0 N–H and O–H groups in total. The number of carbonyl (C=O) groups excluding carboxylic acids is 2. The molecule has 0 aromatic heterocycles. The predicted molar refractivity (Wildman–Crippen MR) is 68.5 cm³/mol. The second kappa shape index (κ2) is 7.25. The number of hydrogen-bond donors (Lipinski definition) is 0. The highest BCUT2D eigenvalue weighted by atomic mass is 16.2. The van der Waals surface area contributed by atoms with E-state index in [1.54, 1.807) is 0 Å². The van der Waals surface area contributed by atoms with Crippen LogP contribution in [-0.4, -0.2) is 23.3 Å². The number of carbonyl (C=O) groups is 2. The van der Waals surface area contributed by atoms with Crippen LogP contribution in [0.4, 0.5) is 0 Å². The molecular formula is C14H23NO2. The SMILES string of the molecule is C=C1CC(=O)N(CCCCCCCCC)C1=O. The zero-order valence-corrected chi connectivity index (χ0v) is 10.8. The number of rotatable bonds is 8. The Kier molecular flexibility index (Phi) is 5.95. The van der Waals surface area contributed by atoms with Gasteiger partial charge in [0.1, 0.15) is 0 Å². The summed E-state index contributed by atoms with van der Waals surface area (Å²) in [6, 6.07) is 0. The first-order valence-corrected chi connectivity index (χ1v) is 6.69. The second-order valence-electron chi connectivity index (χ2n) is 4.75. The van der Waals surface area contributed by atoms with Crippen LogP contribution in [0, 0.1) is 0 Å². The minimum atomic E-state index is -0.166. The molecule has 3 heteroatoms. The van der Waals surface area contributed by atoms with Gasteiger partial charge in [0.25, 0.3) is 5.91 Å². The van der Waals surface area contributed by atoms with Crippen LogP contribution < -0.4 is 0 Å². The van der Waals surface area contributed by atoms with E-state index in [0.717, 1.165) is 12.8 Å². The number of amides is 2. The van der Waals surface area contributed by atoms with Crippen LogP contribution in [0.15, 0.2) is 12.2 Å². The summed E-state index contributed by atoms with van der Waals surface area (Å²) in [7, 11) is 0. The van der Waals surface area contributed by atoms with E-state index in [4.69, 9.17) is 0 Å². The minimum Gasteiger partial charge on any atom is -0.279 e. The third kappa shape index (κ3) is 4.33. The molecule has 96 valence electrons. The average Bonchev–Trinajstić information content (AvgIpc) is 2.54. The maximum atomic E-state index is 11.5. The summed E-state index contributed by atoms with van der Waals surface area (Å²) in [6.45, 7) is 6.38. The molecule has 0 aromatic rings. The fraction of sp³-hybridized carbons (Fsp3) is 0.714. The lowest BCUT2D eigenvalue weighted by Gasteiger charge is -2.12. The first-order chi connectivity index (χ1) is 8.16. The van der Waals surface area contributed by atoms with E-state index >= 15 is 0 Å². The molecule has 17 heavy (non-hydrogen) atoms. The number of unbranched alkanes of at least 4 members (excludes halogenated alkanes) is 6. The molecule has 1 heterocycles. The van der Waals surface area contributed by atoms with Crippen LogP contribution in [0.1, 0.15) is 58.3 Å². The molecule has 0 unspecified atom stereocenters. The Morgan fingerprint density at radius 1 is 1.06 bits per heavy atom. The van der Waals surface area contributed by atoms with Crippen molar-refractivity contribution >= 4 is 11.8 Å². The van der Waals surface area contributed by atoms with Gasteiger partial charge in [-0.3, -0.25) is 14.5 Å². The summed E-state index contributed by atoms with van der Waals surface area (Å²) in [5.41, 5.74) is 0.443. The molecule has 0 aromatic carbocycles. The Bertz CT molecular complexity index is 297. The Balaban J connectivity index is 2.08. The van der Waals surface area contributed by atoms with Crippen molar-refractivity contribution in [3.8, 4) is 0 Å². The van der Waals surface area contributed by atoms with E-state index < -0.39 is 0 Å². The maximum Gasteiger partial charge on any atom is 0.256 e. The van der Waals surface area contributed by atoms with E-state index in [2.05, 4.69) is 13.5 Å². The average molecular weight is 237 g/mol.